The Morgan fingerprint density at radius 1 is 1.11 bits per heavy atom. The number of carbonyl (C=O) groups excluding carboxylic acids is 2. The van der Waals surface area contributed by atoms with Crippen molar-refractivity contribution in [2.75, 3.05) is 26.2 Å². The number of carbonyl (C=O) groups is 2. The number of nitrogens with zero attached hydrogens (tertiary/aromatic N) is 2. The van der Waals surface area contributed by atoms with Crippen LogP contribution in [0.25, 0.3) is 0 Å². The van der Waals surface area contributed by atoms with Crippen LogP contribution < -0.4 is 5.32 Å². The average Bonchev–Trinajstić information content (AvgIpc) is 3.29. The van der Waals surface area contributed by atoms with Crippen molar-refractivity contribution in [2.45, 2.75) is 89.6 Å². The van der Waals surface area contributed by atoms with Gasteiger partial charge in [0.2, 0.25) is 5.91 Å². The third-order valence-corrected chi connectivity index (χ3v) is 7.05. The first kappa shape index (κ1) is 28.6. The molecule has 1 aromatic carbocycles. The summed E-state index contributed by atoms with van der Waals surface area (Å²) in [7, 11) is 0. The Balaban J connectivity index is 1.76. The second kappa shape index (κ2) is 12.0. The summed E-state index contributed by atoms with van der Waals surface area (Å²) in [5.41, 5.74) is -1.12. The zero-order chi connectivity index (χ0) is 26.5. The highest BCUT2D eigenvalue weighted by Crippen LogP contribution is 2.35. The highest BCUT2D eigenvalue weighted by atomic mass is 35.5. The molecule has 0 bridgehead atoms. The second-order valence-corrected chi connectivity index (χ2v) is 11.1. The molecule has 3 rings (SSSR count). The van der Waals surface area contributed by atoms with Gasteiger partial charge < -0.3 is 15.0 Å². The van der Waals surface area contributed by atoms with Crippen LogP contribution in [0.3, 0.4) is 0 Å². The summed E-state index contributed by atoms with van der Waals surface area (Å²) >= 11 is 5.89. The van der Waals surface area contributed by atoms with Crippen molar-refractivity contribution in [1.82, 2.24) is 15.1 Å². The van der Waals surface area contributed by atoms with Gasteiger partial charge in [-0.2, -0.15) is 13.2 Å². The van der Waals surface area contributed by atoms with E-state index in [-0.39, 0.29) is 31.0 Å². The number of rotatable bonds is 7. The van der Waals surface area contributed by atoms with E-state index in [0.717, 1.165) is 57.7 Å². The Morgan fingerprint density at radius 3 is 2.39 bits per heavy atom. The molecule has 2 atom stereocenters. The predicted molar refractivity (Wildman–Crippen MR) is 133 cm³/mol. The molecule has 2 aliphatic rings. The van der Waals surface area contributed by atoms with Crippen LogP contribution in [0.4, 0.5) is 18.0 Å². The Kier molecular flexibility index (Phi) is 9.55. The number of halogens is 4. The third-order valence-electron chi connectivity index (χ3n) is 6.74. The van der Waals surface area contributed by atoms with Gasteiger partial charge in [-0.1, -0.05) is 30.5 Å². The van der Waals surface area contributed by atoms with E-state index in [1.54, 1.807) is 20.8 Å². The van der Waals surface area contributed by atoms with E-state index in [1.165, 1.54) is 12.1 Å². The molecule has 1 N–H and O–H groups in total. The lowest BCUT2D eigenvalue weighted by atomic mass is 9.87. The lowest BCUT2D eigenvalue weighted by molar-refractivity contribution is -0.137. The van der Waals surface area contributed by atoms with Gasteiger partial charge in [0.15, 0.2) is 0 Å². The van der Waals surface area contributed by atoms with E-state index < -0.39 is 28.5 Å². The van der Waals surface area contributed by atoms with E-state index in [9.17, 15) is 22.8 Å². The molecule has 36 heavy (non-hydrogen) atoms. The van der Waals surface area contributed by atoms with E-state index in [1.807, 2.05) is 4.90 Å². The number of ether oxygens (including phenoxy) is 1. The zero-order valence-corrected chi connectivity index (χ0v) is 22.1. The molecule has 0 spiro atoms. The Labute approximate surface area is 216 Å². The SMILES string of the molecule is CC(C)(C)OC(=O)NCCN(C(=O)Cc1ccc(C(F)(F)F)c(Cl)c1)[C@H]1CCCC[C@@H]1N1CCCC1. The Hall–Kier alpha value is -2.00. The predicted octanol–water partition coefficient (Wildman–Crippen LogP) is 5.66. The Bertz CT molecular complexity index is 914. The average molecular weight is 532 g/mol. The molecule has 10 heteroatoms. The van der Waals surface area contributed by atoms with Crippen molar-refractivity contribution < 1.29 is 27.5 Å². The van der Waals surface area contributed by atoms with Gasteiger partial charge in [-0.05, 0) is 77.2 Å². The maximum atomic E-state index is 13.6. The number of nitrogens with one attached hydrogen (secondary N) is 1. The second-order valence-electron chi connectivity index (χ2n) is 10.7. The summed E-state index contributed by atoms with van der Waals surface area (Å²) < 4.78 is 44.6. The molecule has 1 heterocycles. The molecular weight excluding hydrogens is 495 g/mol. The van der Waals surface area contributed by atoms with Crippen molar-refractivity contribution in [3.05, 3.63) is 34.3 Å². The first-order chi connectivity index (χ1) is 16.8. The fourth-order valence-corrected chi connectivity index (χ4v) is 5.51. The molecule has 2 fully saturated rings. The maximum Gasteiger partial charge on any atom is 0.417 e. The first-order valence-corrected chi connectivity index (χ1v) is 13.1. The van der Waals surface area contributed by atoms with Gasteiger partial charge in [-0.15, -0.1) is 0 Å². The van der Waals surface area contributed by atoms with Gasteiger partial charge in [0.1, 0.15) is 5.60 Å². The number of benzene rings is 1. The summed E-state index contributed by atoms with van der Waals surface area (Å²) in [6, 6.07) is 3.67. The van der Waals surface area contributed by atoms with Crippen molar-refractivity contribution in [3.63, 3.8) is 0 Å². The number of alkyl halides is 3. The minimum absolute atomic E-state index is 0.0188. The topological polar surface area (TPSA) is 61.9 Å². The minimum atomic E-state index is -4.55. The fourth-order valence-electron chi connectivity index (χ4n) is 5.20. The highest BCUT2D eigenvalue weighted by Gasteiger charge is 2.37. The summed E-state index contributed by atoms with van der Waals surface area (Å²) in [6.07, 6.45) is 1.08. The van der Waals surface area contributed by atoms with Crippen molar-refractivity contribution in [1.29, 1.82) is 0 Å². The number of hydrogen-bond acceptors (Lipinski definition) is 4. The number of amides is 2. The summed E-state index contributed by atoms with van der Waals surface area (Å²) in [4.78, 5) is 30.0. The molecule has 6 nitrogen and oxygen atoms in total. The van der Waals surface area contributed by atoms with Crippen LogP contribution in [0.1, 0.15) is 70.4 Å². The monoisotopic (exact) mass is 531 g/mol. The quantitative estimate of drug-likeness (QED) is 0.493. The van der Waals surface area contributed by atoms with Crippen molar-refractivity contribution in [2.24, 2.45) is 0 Å². The number of hydrogen-bond donors (Lipinski definition) is 1. The highest BCUT2D eigenvalue weighted by molar-refractivity contribution is 6.31. The van der Waals surface area contributed by atoms with Gasteiger partial charge in [0.05, 0.1) is 17.0 Å². The van der Waals surface area contributed by atoms with Crippen LogP contribution in [0, 0.1) is 0 Å². The lowest BCUT2D eigenvalue weighted by Gasteiger charge is -2.44. The standard InChI is InChI=1S/C26H37ClF3N3O3/c1-25(2,3)36-24(35)31-12-15-33(22-9-5-4-8-21(22)32-13-6-7-14-32)23(34)17-18-10-11-19(20(27)16-18)26(28,29)30/h10-11,16,21-22H,4-9,12-15,17H2,1-3H3,(H,31,35)/t21-,22-/m0/s1. The van der Waals surface area contributed by atoms with Crippen LogP contribution in [-0.4, -0.2) is 65.7 Å². The van der Waals surface area contributed by atoms with Crippen LogP contribution in [0.5, 0.6) is 0 Å². The number of alkyl carbamates (subject to hydrolysis) is 1. The molecule has 2 amide bonds. The van der Waals surface area contributed by atoms with Crippen LogP contribution >= 0.6 is 11.6 Å². The maximum absolute atomic E-state index is 13.6. The van der Waals surface area contributed by atoms with Crippen molar-refractivity contribution in [3.8, 4) is 0 Å². The van der Waals surface area contributed by atoms with Crippen LogP contribution in [-0.2, 0) is 22.1 Å². The molecule has 1 aromatic rings. The zero-order valence-electron chi connectivity index (χ0n) is 21.3. The molecule has 202 valence electrons. The molecule has 1 saturated heterocycles. The first-order valence-electron chi connectivity index (χ1n) is 12.7. The molecule has 1 aliphatic heterocycles. The molecule has 0 radical (unpaired) electrons. The molecule has 1 saturated carbocycles. The van der Waals surface area contributed by atoms with E-state index in [4.69, 9.17) is 16.3 Å². The lowest BCUT2D eigenvalue weighted by Crippen LogP contribution is -2.56. The largest absolute Gasteiger partial charge is 0.444 e. The molecule has 1 aliphatic carbocycles. The minimum Gasteiger partial charge on any atom is -0.444 e. The van der Waals surface area contributed by atoms with Gasteiger partial charge in [0, 0.05) is 25.2 Å². The van der Waals surface area contributed by atoms with E-state index >= 15 is 0 Å². The third kappa shape index (κ3) is 8.00. The molecular formula is C26H37ClF3N3O3. The van der Waals surface area contributed by atoms with Crippen LogP contribution in [0.2, 0.25) is 5.02 Å². The Morgan fingerprint density at radius 2 is 1.78 bits per heavy atom. The van der Waals surface area contributed by atoms with E-state index in [0.29, 0.717) is 12.1 Å². The van der Waals surface area contributed by atoms with Crippen molar-refractivity contribution >= 4 is 23.6 Å². The summed E-state index contributed by atoms with van der Waals surface area (Å²) in [6.45, 7) is 7.86. The normalized spacial score (nSPS) is 21.3. The summed E-state index contributed by atoms with van der Waals surface area (Å²) in [5, 5.41) is 2.31. The smallest absolute Gasteiger partial charge is 0.417 e. The molecule has 0 unspecified atom stereocenters. The van der Waals surface area contributed by atoms with Gasteiger partial charge in [-0.25, -0.2) is 4.79 Å². The number of likely N-dealkylation sites (tertiary alicyclic amines) is 1. The van der Waals surface area contributed by atoms with E-state index in [2.05, 4.69) is 10.2 Å². The fraction of sp³-hybridized carbons (Fsp3) is 0.692. The molecule has 0 aromatic heterocycles. The van der Waals surface area contributed by atoms with Gasteiger partial charge in [0.25, 0.3) is 0 Å². The van der Waals surface area contributed by atoms with Gasteiger partial charge >= 0.3 is 12.3 Å². The van der Waals surface area contributed by atoms with Crippen LogP contribution in [0.15, 0.2) is 18.2 Å². The van der Waals surface area contributed by atoms with Gasteiger partial charge in [-0.3, -0.25) is 9.69 Å². The summed E-state index contributed by atoms with van der Waals surface area (Å²) in [5.74, 6) is -0.187.